The lowest BCUT2D eigenvalue weighted by Crippen LogP contribution is -2.38. The van der Waals surface area contributed by atoms with Crippen molar-refractivity contribution in [1.29, 1.82) is 0 Å². The number of H-pyrrole nitrogens is 1. The first-order valence-electron chi connectivity index (χ1n) is 13.0. The molecular weight excluding hydrogens is 537 g/mol. The van der Waals surface area contributed by atoms with Crippen molar-refractivity contribution in [2.24, 2.45) is 5.73 Å². The largest absolute Gasteiger partial charge is 0.506 e. The van der Waals surface area contributed by atoms with Crippen LogP contribution in [0.5, 0.6) is 11.5 Å². The van der Waals surface area contributed by atoms with Crippen LogP contribution in [0.3, 0.4) is 0 Å². The molecule has 8 nitrogen and oxygen atoms in total. The number of phenols is 1. The predicted molar refractivity (Wildman–Crippen MR) is 153 cm³/mol. The number of phenolic OH excluding ortho intramolecular Hbond substituents is 1. The van der Waals surface area contributed by atoms with Crippen LogP contribution in [0.1, 0.15) is 31.1 Å². The van der Waals surface area contributed by atoms with Gasteiger partial charge in [-0.1, -0.05) is 18.2 Å². The van der Waals surface area contributed by atoms with Gasteiger partial charge in [0.15, 0.2) is 11.6 Å². The first-order chi connectivity index (χ1) is 19.4. The van der Waals surface area contributed by atoms with Crippen LogP contribution < -0.4 is 26.2 Å². The number of alkyl halides is 2. The Bertz CT molecular complexity index is 1540. The number of hydrogen-bond donors (Lipinski definition) is 5. The molecule has 4 rings (SSSR count). The van der Waals surface area contributed by atoms with Crippen molar-refractivity contribution < 1.29 is 28.1 Å². The Morgan fingerprint density at radius 2 is 1.76 bits per heavy atom. The van der Waals surface area contributed by atoms with Gasteiger partial charge in [0.2, 0.25) is 5.56 Å². The second-order valence-electron chi connectivity index (χ2n) is 10.5. The molecule has 4 aromatic rings. The third kappa shape index (κ3) is 7.57. The van der Waals surface area contributed by atoms with Gasteiger partial charge in [-0.25, -0.2) is 4.39 Å². The SMILES string of the molecule is CC(C)(N)COc1ccc(N(c2ccc(CCNC[C@H](O)c3ccc(O)c4[nH]c(=O)ccc34)cc2)C(F)F)cc1F. The summed E-state index contributed by atoms with van der Waals surface area (Å²) in [5.41, 5.74) is 6.67. The van der Waals surface area contributed by atoms with Crippen molar-refractivity contribution in [3.63, 3.8) is 0 Å². The number of nitrogens with zero attached hydrogens (tertiary/aromatic N) is 1. The predicted octanol–water partition coefficient (Wildman–Crippen LogP) is 4.72. The van der Waals surface area contributed by atoms with Crippen LogP contribution >= 0.6 is 0 Å². The summed E-state index contributed by atoms with van der Waals surface area (Å²) >= 11 is 0. The maximum absolute atomic E-state index is 14.6. The maximum atomic E-state index is 14.6. The van der Waals surface area contributed by atoms with Crippen LogP contribution in [0.4, 0.5) is 24.5 Å². The van der Waals surface area contributed by atoms with Crippen molar-refractivity contribution in [1.82, 2.24) is 10.3 Å². The summed E-state index contributed by atoms with van der Waals surface area (Å²) < 4.78 is 48.0. The lowest BCUT2D eigenvalue weighted by Gasteiger charge is -2.25. The Balaban J connectivity index is 1.36. The summed E-state index contributed by atoms with van der Waals surface area (Å²) in [4.78, 5) is 14.9. The molecule has 0 aliphatic heterocycles. The van der Waals surface area contributed by atoms with Gasteiger partial charge >= 0.3 is 6.55 Å². The highest BCUT2D eigenvalue weighted by molar-refractivity contribution is 5.87. The molecule has 41 heavy (non-hydrogen) atoms. The number of aliphatic hydroxyl groups is 1. The number of fused-ring (bicyclic) bond motifs is 1. The van der Waals surface area contributed by atoms with Gasteiger partial charge < -0.3 is 31.0 Å². The molecule has 0 bridgehead atoms. The third-order valence-corrected chi connectivity index (χ3v) is 6.40. The van der Waals surface area contributed by atoms with Crippen molar-refractivity contribution >= 4 is 22.3 Å². The van der Waals surface area contributed by atoms with Gasteiger partial charge in [-0.05, 0) is 74.3 Å². The number of pyridine rings is 1. The average Bonchev–Trinajstić information content (AvgIpc) is 2.91. The van der Waals surface area contributed by atoms with E-state index in [0.717, 1.165) is 16.5 Å². The molecule has 0 saturated carbocycles. The second kappa shape index (κ2) is 12.6. The monoisotopic (exact) mass is 570 g/mol. The van der Waals surface area contributed by atoms with E-state index >= 15 is 0 Å². The lowest BCUT2D eigenvalue weighted by molar-refractivity contribution is 0.155. The third-order valence-electron chi connectivity index (χ3n) is 6.40. The number of aromatic nitrogens is 1. The molecule has 0 spiro atoms. The van der Waals surface area contributed by atoms with Gasteiger partial charge in [0, 0.05) is 41.0 Å². The number of halogens is 3. The van der Waals surface area contributed by atoms with Crippen LogP contribution in [-0.2, 0) is 6.42 Å². The first-order valence-corrected chi connectivity index (χ1v) is 13.0. The number of nitrogens with two attached hydrogens (primary N) is 1. The molecule has 1 atom stereocenters. The number of ether oxygens (including phenoxy) is 1. The van der Waals surface area contributed by atoms with Crippen molar-refractivity contribution in [2.75, 3.05) is 24.6 Å². The van der Waals surface area contributed by atoms with Crippen LogP contribution in [-0.4, -0.2) is 47.0 Å². The quantitative estimate of drug-likeness (QED) is 0.123. The lowest BCUT2D eigenvalue weighted by atomic mass is 10.0. The van der Waals surface area contributed by atoms with E-state index in [-0.39, 0.29) is 47.1 Å². The highest BCUT2D eigenvalue weighted by Gasteiger charge is 2.22. The number of nitrogens with one attached hydrogen (secondary N) is 2. The standard InChI is InChI=1S/C30H33F3N4O4/c1-30(2,34)17-41-26-11-7-20(15-23(26)31)37(29(32)33)19-5-3-18(4-6-19)13-14-35-16-25(39)21-8-10-24(38)28-22(21)9-12-27(40)36-28/h3-12,15,25,29,35,38-39H,13-14,16-17,34H2,1-2H3,(H,36,40)/t25-/m0/s1. The van der Waals surface area contributed by atoms with Crippen LogP contribution in [0.15, 0.2) is 71.5 Å². The zero-order valence-electron chi connectivity index (χ0n) is 22.7. The minimum absolute atomic E-state index is 0.0221. The van der Waals surface area contributed by atoms with E-state index in [2.05, 4.69) is 10.3 Å². The van der Waals surface area contributed by atoms with Crippen molar-refractivity contribution in [2.45, 2.75) is 38.5 Å². The maximum Gasteiger partial charge on any atom is 0.319 e. The summed E-state index contributed by atoms with van der Waals surface area (Å²) in [6.07, 6.45) is -0.339. The number of hydrogen-bond acceptors (Lipinski definition) is 7. The van der Waals surface area contributed by atoms with Gasteiger partial charge in [-0.15, -0.1) is 0 Å². The number of aromatic amines is 1. The molecule has 3 aromatic carbocycles. The molecule has 218 valence electrons. The average molecular weight is 571 g/mol. The van der Waals surface area contributed by atoms with Crippen LogP contribution in [0, 0.1) is 5.82 Å². The Hall–Kier alpha value is -4.06. The summed E-state index contributed by atoms with van der Waals surface area (Å²) in [5.74, 6) is -0.919. The molecule has 6 N–H and O–H groups in total. The number of benzene rings is 3. The Morgan fingerprint density at radius 1 is 1.05 bits per heavy atom. The topological polar surface area (TPSA) is 124 Å². The fraction of sp³-hybridized carbons (Fsp3) is 0.300. The smallest absolute Gasteiger partial charge is 0.319 e. The molecule has 11 heteroatoms. The normalized spacial score (nSPS) is 12.6. The molecule has 0 fully saturated rings. The number of aliphatic hydroxyl groups excluding tert-OH is 1. The second-order valence-corrected chi connectivity index (χ2v) is 10.5. The molecule has 1 aromatic heterocycles. The van der Waals surface area contributed by atoms with Crippen molar-refractivity contribution in [3.05, 3.63) is 94.0 Å². The Kier molecular flexibility index (Phi) is 9.21. The van der Waals surface area contributed by atoms with Gasteiger partial charge in [0.05, 0.1) is 11.6 Å². The highest BCUT2D eigenvalue weighted by Crippen LogP contribution is 2.33. The fourth-order valence-electron chi connectivity index (χ4n) is 4.35. The molecule has 0 unspecified atom stereocenters. The molecule has 0 aliphatic rings. The van der Waals surface area contributed by atoms with E-state index < -0.39 is 24.0 Å². The van der Waals surface area contributed by atoms with E-state index in [9.17, 15) is 28.2 Å². The minimum atomic E-state index is -2.91. The highest BCUT2D eigenvalue weighted by atomic mass is 19.3. The zero-order chi connectivity index (χ0) is 29.7. The Labute approximate surface area is 235 Å². The summed E-state index contributed by atoms with van der Waals surface area (Å²) in [6, 6.07) is 16.1. The first kappa shape index (κ1) is 29.9. The van der Waals surface area contributed by atoms with Crippen molar-refractivity contribution in [3.8, 4) is 11.5 Å². The number of aromatic hydroxyl groups is 1. The van der Waals surface area contributed by atoms with Crippen LogP contribution in [0.2, 0.25) is 0 Å². The van der Waals surface area contributed by atoms with E-state index in [1.807, 2.05) is 0 Å². The molecule has 0 amide bonds. The van der Waals surface area contributed by atoms with Gasteiger partial charge in [0.1, 0.15) is 12.4 Å². The van der Waals surface area contributed by atoms with Gasteiger partial charge in [-0.3, -0.25) is 9.69 Å². The minimum Gasteiger partial charge on any atom is -0.506 e. The Morgan fingerprint density at radius 3 is 2.41 bits per heavy atom. The van der Waals surface area contributed by atoms with E-state index in [0.29, 0.717) is 23.9 Å². The van der Waals surface area contributed by atoms with Gasteiger partial charge in [0.25, 0.3) is 0 Å². The number of anilines is 2. The molecule has 0 radical (unpaired) electrons. The molecule has 0 aliphatic carbocycles. The molecular formula is C30H33F3N4O4. The van der Waals surface area contributed by atoms with E-state index in [1.165, 1.54) is 24.3 Å². The summed E-state index contributed by atoms with van der Waals surface area (Å²) in [7, 11) is 0. The zero-order valence-corrected chi connectivity index (χ0v) is 22.7. The molecule has 1 heterocycles. The summed E-state index contributed by atoms with van der Waals surface area (Å²) in [6.45, 7) is 1.31. The van der Waals surface area contributed by atoms with E-state index in [1.54, 1.807) is 50.2 Å². The van der Waals surface area contributed by atoms with Crippen LogP contribution in [0.25, 0.3) is 10.9 Å². The fourth-order valence-corrected chi connectivity index (χ4v) is 4.35. The number of rotatable bonds is 12. The molecule has 0 saturated heterocycles. The van der Waals surface area contributed by atoms with E-state index in [4.69, 9.17) is 10.5 Å². The van der Waals surface area contributed by atoms with Gasteiger partial charge in [-0.2, -0.15) is 8.78 Å². The summed E-state index contributed by atoms with van der Waals surface area (Å²) in [5, 5.41) is 24.4.